The van der Waals surface area contributed by atoms with Crippen LogP contribution in [0.25, 0.3) is 0 Å². The molecule has 0 N–H and O–H groups in total. The highest BCUT2D eigenvalue weighted by molar-refractivity contribution is 7.89. The standard InChI is InChI=1S/C14H20N2O3S/c1-12-6-3-4-7-13(12)10-15(2)14(17)11-16-8-5-9-20(16,18)19/h3-4,6-7H,5,8-11H2,1-2H3. The number of carbonyl (C=O) groups excluding carboxylic acids is 1. The zero-order chi connectivity index (χ0) is 14.8. The minimum Gasteiger partial charge on any atom is -0.340 e. The molecule has 1 aromatic carbocycles. The second kappa shape index (κ2) is 5.93. The summed E-state index contributed by atoms with van der Waals surface area (Å²) in [6, 6.07) is 7.87. The first-order valence-corrected chi connectivity index (χ1v) is 8.27. The Morgan fingerprint density at radius 1 is 1.35 bits per heavy atom. The van der Waals surface area contributed by atoms with Gasteiger partial charge in [-0.25, -0.2) is 8.42 Å². The van der Waals surface area contributed by atoms with E-state index in [1.807, 2.05) is 31.2 Å². The number of hydrogen-bond acceptors (Lipinski definition) is 3. The van der Waals surface area contributed by atoms with Gasteiger partial charge in [-0.05, 0) is 24.5 Å². The van der Waals surface area contributed by atoms with E-state index in [1.54, 1.807) is 11.9 Å². The first-order valence-electron chi connectivity index (χ1n) is 6.66. The molecule has 20 heavy (non-hydrogen) atoms. The number of rotatable bonds is 4. The van der Waals surface area contributed by atoms with Crippen LogP contribution < -0.4 is 0 Å². The van der Waals surface area contributed by atoms with E-state index in [4.69, 9.17) is 0 Å². The van der Waals surface area contributed by atoms with Gasteiger partial charge in [-0.2, -0.15) is 4.31 Å². The summed E-state index contributed by atoms with van der Waals surface area (Å²) in [4.78, 5) is 13.7. The quantitative estimate of drug-likeness (QED) is 0.832. The van der Waals surface area contributed by atoms with E-state index >= 15 is 0 Å². The van der Waals surface area contributed by atoms with Crippen LogP contribution in [0, 0.1) is 6.92 Å². The molecular weight excluding hydrogens is 276 g/mol. The molecule has 1 heterocycles. The molecule has 1 amide bonds. The average Bonchev–Trinajstić information content (AvgIpc) is 2.71. The number of sulfonamides is 1. The summed E-state index contributed by atoms with van der Waals surface area (Å²) in [5.41, 5.74) is 2.20. The summed E-state index contributed by atoms with van der Waals surface area (Å²) in [6.07, 6.45) is 0.608. The minimum absolute atomic E-state index is 0.0509. The summed E-state index contributed by atoms with van der Waals surface area (Å²) in [5, 5.41) is 0. The smallest absolute Gasteiger partial charge is 0.237 e. The van der Waals surface area contributed by atoms with Crippen molar-refractivity contribution < 1.29 is 13.2 Å². The molecule has 6 heteroatoms. The Morgan fingerprint density at radius 2 is 2.05 bits per heavy atom. The zero-order valence-electron chi connectivity index (χ0n) is 11.9. The minimum atomic E-state index is -3.21. The van der Waals surface area contributed by atoms with E-state index in [0.29, 0.717) is 19.5 Å². The fourth-order valence-corrected chi connectivity index (χ4v) is 3.74. The fraction of sp³-hybridized carbons (Fsp3) is 0.500. The van der Waals surface area contributed by atoms with Crippen molar-refractivity contribution in [2.24, 2.45) is 0 Å². The van der Waals surface area contributed by atoms with Crippen LogP contribution in [0.5, 0.6) is 0 Å². The molecule has 0 saturated carbocycles. The van der Waals surface area contributed by atoms with Crippen LogP contribution in [0.15, 0.2) is 24.3 Å². The van der Waals surface area contributed by atoms with Crippen LogP contribution in [0.3, 0.4) is 0 Å². The third kappa shape index (κ3) is 3.37. The molecule has 1 aliphatic rings. The van der Waals surface area contributed by atoms with E-state index in [9.17, 15) is 13.2 Å². The van der Waals surface area contributed by atoms with E-state index in [0.717, 1.165) is 11.1 Å². The van der Waals surface area contributed by atoms with Crippen molar-refractivity contribution in [3.05, 3.63) is 35.4 Å². The van der Waals surface area contributed by atoms with Crippen LogP contribution >= 0.6 is 0 Å². The molecule has 0 spiro atoms. The SMILES string of the molecule is Cc1ccccc1CN(C)C(=O)CN1CCCS1(=O)=O. The topological polar surface area (TPSA) is 57.7 Å². The van der Waals surface area contributed by atoms with Gasteiger partial charge in [-0.1, -0.05) is 24.3 Å². The largest absolute Gasteiger partial charge is 0.340 e. The Bertz CT molecular complexity index is 598. The van der Waals surface area contributed by atoms with Crippen LogP contribution in [-0.4, -0.2) is 49.4 Å². The zero-order valence-corrected chi connectivity index (χ0v) is 12.7. The van der Waals surface area contributed by atoms with Gasteiger partial charge in [0.1, 0.15) is 0 Å². The van der Waals surface area contributed by atoms with Crippen molar-refractivity contribution in [3.8, 4) is 0 Å². The number of benzene rings is 1. The average molecular weight is 296 g/mol. The molecular formula is C14H20N2O3S. The van der Waals surface area contributed by atoms with Crippen LogP contribution in [0.2, 0.25) is 0 Å². The summed E-state index contributed by atoms with van der Waals surface area (Å²) < 4.78 is 24.7. The third-order valence-corrected chi connectivity index (χ3v) is 5.51. The monoisotopic (exact) mass is 296 g/mol. The Balaban J connectivity index is 1.98. The van der Waals surface area contributed by atoms with Gasteiger partial charge >= 0.3 is 0 Å². The maximum atomic E-state index is 12.1. The number of aryl methyl sites for hydroxylation is 1. The Kier molecular flexibility index (Phi) is 4.45. The molecule has 0 radical (unpaired) electrons. The van der Waals surface area contributed by atoms with Crippen molar-refractivity contribution in [1.82, 2.24) is 9.21 Å². The number of amides is 1. The summed E-state index contributed by atoms with van der Waals surface area (Å²) in [6.45, 7) is 2.90. The maximum Gasteiger partial charge on any atom is 0.237 e. The first-order chi connectivity index (χ1) is 9.40. The molecule has 0 aliphatic carbocycles. The molecule has 0 atom stereocenters. The van der Waals surface area contributed by atoms with E-state index in [-0.39, 0.29) is 18.2 Å². The lowest BCUT2D eigenvalue weighted by Gasteiger charge is -2.21. The van der Waals surface area contributed by atoms with Gasteiger partial charge in [0.15, 0.2) is 0 Å². The van der Waals surface area contributed by atoms with E-state index in [2.05, 4.69) is 0 Å². The second-order valence-electron chi connectivity index (χ2n) is 5.18. The Morgan fingerprint density at radius 3 is 2.65 bits per heavy atom. The van der Waals surface area contributed by atoms with Gasteiger partial charge < -0.3 is 4.90 Å². The molecule has 1 aliphatic heterocycles. The van der Waals surface area contributed by atoms with Crippen molar-refractivity contribution in [2.75, 3.05) is 25.9 Å². The molecule has 1 aromatic rings. The summed E-state index contributed by atoms with van der Waals surface area (Å²) in [5.74, 6) is -0.0133. The molecule has 5 nitrogen and oxygen atoms in total. The first kappa shape index (κ1) is 15.0. The van der Waals surface area contributed by atoms with Crippen molar-refractivity contribution >= 4 is 15.9 Å². The van der Waals surface area contributed by atoms with Gasteiger partial charge in [-0.3, -0.25) is 4.79 Å². The molecule has 0 aromatic heterocycles. The van der Waals surface area contributed by atoms with Crippen molar-refractivity contribution in [3.63, 3.8) is 0 Å². The molecule has 2 rings (SSSR count). The van der Waals surface area contributed by atoms with Gasteiger partial charge in [0, 0.05) is 20.1 Å². The van der Waals surface area contributed by atoms with Crippen LogP contribution in [0.4, 0.5) is 0 Å². The summed E-state index contributed by atoms with van der Waals surface area (Å²) >= 11 is 0. The highest BCUT2D eigenvalue weighted by Crippen LogP contribution is 2.14. The number of carbonyl (C=O) groups is 1. The molecule has 1 fully saturated rings. The number of nitrogens with zero attached hydrogens (tertiary/aromatic N) is 2. The van der Waals surface area contributed by atoms with Crippen LogP contribution in [-0.2, 0) is 21.4 Å². The predicted octanol–water partition coefficient (Wildman–Crippen LogP) is 0.989. The van der Waals surface area contributed by atoms with E-state index < -0.39 is 10.0 Å². The lowest BCUT2D eigenvalue weighted by molar-refractivity contribution is -0.130. The Labute approximate surface area is 120 Å². The number of hydrogen-bond donors (Lipinski definition) is 0. The highest BCUT2D eigenvalue weighted by atomic mass is 32.2. The van der Waals surface area contributed by atoms with Crippen molar-refractivity contribution in [1.29, 1.82) is 0 Å². The summed E-state index contributed by atoms with van der Waals surface area (Å²) in [7, 11) is -1.51. The van der Waals surface area contributed by atoms with Crippen LogP contribution in [0.1, 0.15) is 17.5 Å². The van der Waals surface area contributed by atoms with Gasteiger partial charge in [0.25, 0.3) is 0 Å². The predicted molar refractivity (Wildman–Crippen MR) is 77.6 cm³/mol. The van der Waals surface area contributed by atoms with Crippen molar-refractivity contribution in [2.45, 2.75) is 19.9 Å². The lowest BCUT2D eigenvalue weighted by atomic mass is 10.1. The fourth-order valence-electron chi connectivity index (χ4n) is 2.27. The second-order valence-corrected chi connectivity index (χ2v) is 7.27. The Hall–Kier alpha value is -1.40. The molecule has 0 bridgehead atoms. The van der Waals surface area contributed by atoms with E-state index in [1.165, 1.54) is 4.31 Å². The van der Waals surface area contributed by atoms with Gasteiger partial charge in [0.2, 0.25) is 15.9 Å². The normalized spacial score (nSPS) is 18.1. The highest BCUT2D eigenvalue weighted by Gasteiger charge is 2.30. The van der Waals surface area contributed by atoms with Gasteiger partial charge in [-0.15, -0.1) is 0 Å². The molecule has 110 valence electrons. The maximum absolute atomic E-state index is 12.1. The third-order valence-electron chi connectivity index (χ3n) is 3.61. The molecule has 0 unspecified atom stereocenters. The number of likely N-dealkylation sites (N-methyl/N-ethyl adjacent to an activating group) is 1. The lowest BCUT2D eigenvalue weighted by Crippen LogP contribution is -2.38. The van der Waals surface area contributed by atoms with Gasteiger partial charge in [0.05, 0.1) is 12.3 Å². The molecule has 1 saturated heterocycles.